The molecule has 0 aromatic rings. The summed E-state index contributed by atoms with van der Waals surface area (Å²) in [7, 11) is 4.32. The van der Waals surface area contributed by atoms with Crippen LogP contribution in [0.5, 0.6) is 0 Å². The molecule has 0 aromatic heterocycles. The second kappa shape index (κ2) is 18.9. The van der Waals surface area contributed by atoms with E-state index in [1.165, 1.54) is 6.08 Å². The second-order valence-corrected chi connectivity index (χ2v) is 7.24. The number of halogens is 2. The van der Waals surface area contributed by atoms with Gasteiger partial charge in [0.1, 0.15) is 26.3 Å². The molecule has 0 heterocycles. The van der Waals surface area contributed by atoms with Gasteiger partial charge >= 0.3 is 11.9 Å². The first-order valence-electron chi connectivity index (χ1n) is 9.81. The standard InChI is InChI=1S/C11H22NO2.C10H20NO2.2ClH/c1-6-12(5,7-2)8-9-14-11(13)10(3)4;1-5-10(12)13-9-8-11(4,6-2)7-3;;/h3,6-9H2,1-2,4-5H3;5H,1,6-9H2,2-4H3;2*1H/q2*+1;;/p-2. The van der Waals surface area contributed by atoms with Crippen LogP contribution in [0.4, 0.5) is 0 Å². The molecule has 0 spiro atoms. The molecule has 29 heavy (non-hydrogen) atoms. The number of carbonyl (C=O) groups excluding carboxylic acids is 2. The van der Waals surface area contributed by atoms with Crippen molar-refractivity contribution in [1.29, 1.82) is 0 Å². The zero-order valence-corrected chi connectivity index (χ0v) is 20.9. The van der Waals surface area contributed by atoms with Gasteiger partial charge in [-0.3, -0.25) is 0 Å². The van der Waals surface area contributed by atoms with Crippen LogP contribution < -0.4 is 24.8 Å². The fourth-order valence-electron chi connectivity index (χ4n) is 1.99. The Bertz CT molecular complexity index is 477. The Hall–Kier alpha value is -1.08. The molecular formula is C21H42Cl2N2O4. The van der Waals surface area contributed by atoms with Gasteiger partial charge in [-0.2, -0.15) is 0 Å². The summed E-state index contributed by atoms with van der Waals surface area (Å²) >= 11 is 0. The van der Waals surface area contributed by atoms with Crippen molar-refractivity contribution < 1.29 is 52.8 Å². The van der Waals surface area contributed by atoms with Crippen molar-refractivity contribution in [2.24, 2.45) is 0 Å². The summed E-state index contributed by atoms with van der Waals surface area (Å²) in [6.07, 6.45) is 1.20. The lowest BCUT2D eigenvalue weighted by Crippen LogP contribution is -3.00. The maximum Gasteiger partial charge on any atom is 0.333 e. The Balaban J connectivity index is -0.000000202. The van der Waals surface area contributed by atoms with Crippen LogP contribution in [0.25, 0.3) is 0 Å². The third kappa shape index (κ3) is 17.5. The molecule has 0 amide bonds. The minimum Gasteiger partial charge on any atom is -1.00 e. The van der Waals surface area contributed by atoms with Gasteiger partial charge in [0.05, 0.1) is 40.3 Å². The average molecular weight is 457 g/mol. The first kappa shape index (κ1) is 35.4. The maximum absolute atomic E-state index is 11.1. The molecule has 0 unspecified atom stereocenters. The highest BCUT2D eigenvalue weighted by Crippen LogP contribution is 2.02. The van der Waals surface area contributed by atoms with Crippen molar-refractivity contribution in [2.75, 3.05) is 66.6 Å². The van der Waals surface area contributed by atoms with Crippen LogP contribution in [-0.4, -0.2) is 87.5 Å². The Morgan fingerprint density at radius 1 is 0.828 bits per heavy atom. The lowest BCUT2D eigenvalue weighted by atomic mass is 10.3. The summed E-state index contributed by atoms with van der Waals surface area (Å²) in [6.45, 7) is 24.0. The summed E-state index contributed by atoms with van der Waals surface area (Å²) in [6, 6.07) is 0. The quantitative estimate of drug-likeness (QED) is 0.176. The van der Waals surface area contributed by atoms with Crippen molar-refractivity contribution in [3.05, 3.63) is 24.8 Å². The van der Waals surface area contributed by atoms with E-state index in [1.807, 2.05) is 0 Å². The fraction of sp³-hybridized carbons (Fsp3) is 0.714. The molecule has 8 heteroatoms. The smallest absolute Gasteiger partial charge is 0.333 e. The molecule has 0 saturated carbocycles. The number of esters is 2. The molecule has 0 bridgehead atoms. The average Bonchev–Trinajstić information content (AvgIpc) is 2.67. The van der Waals surface area contributed by atoms with E-state index in [-0.39, 0.29) is 36.8 Å². The molecule has 0 aliphatic carbocycles. The number of ether oxygens (including phenoxy) is 2. The van der Waals surface area contributed by atoms with Gasteiger partial charge < -0.3 is 43.3 Å². The molecule has 0 aliphatic heterocycles. The fourth-order valence-corrected chi connectivity index (χ4v) is 1.99. The predicted molar refractivity (Wildman–Crippen MR) is 111 cm³/mol. The molecule has 6 nitrogen and oxygen atoms in total. The van der Waals surface area contributed by atoms with Gasteiger partial charge in [-0.25, -0.2) is 9.59 Å². The first-order valence-corrected chi connectivity index (χ1v) is 9.81. The largest absolute Gasteiger partial charge is 1.00 e. The number of hydrogen-bond donors (Lipinski definition) is 0. The van der Waals surface area contributed by atoms with E-state index in [0.717, 1.165) is 48.2 Å². The summed E-state index contributed by atoms with van der Waals surface area (Å²) in [5.74, 6) is -0.623. The maximum atomic E-state index is 11.1. The van der Waals surface area contributed by atoms with Crippen molar-refractivity contribution in [3.63, 3.8) is 0 Å². The van der Waals surface area contributed by atoms with Gasteiger partial charge in [-0.05, 0) is 34.6 Å². The number of nitrogens with zero attached hydrogens (tertiary/aromatic N) is 2. The number of quaternary nitrogens is 2. The van der Waals surface area contributed by atoms with Crippen LogP contribution in [0.1, 0.15) is 34.6 Å². The van der Waals surface area contributed by atoms with Crippen molar-refractivity contribution in [3.8, 4) is 0 Å². The normalized spacial score (nSPS) is 10.3. The molecule has 0 aliphatic rings. The minimum absolute atomic E-state index is 0. The molecule has 0 radical (unpaired) electrons. The van der Waals surface area contributed by atoms with Crippen molar-refractivity contribution in [1.82, 2.24) is 0 Å². The molecule has 0 N–H and O–H groups in total. The highest BCUT2D eigenvalue weighted by Gasteiger charge is 2.17. The van der Waals surface area contributed by atoms with Gasteiger partial charge in [0.25, 0.3) is 0 Å². The van der Waals surface area contributed by atoms with Crippen LogP contribution in [0.2, 0.25) is 0 Å². The lowest BCUT2D eigenvalue weighted by molar-refractivity contribution is -0.906. The molecule has 174 valence electrons. The van der Waals surface area contributed by atoms with E-state index in [1.54, 1.807) is 6.92 Å². The summed E-state index contributed by atoms with van der Waals surface area (Å²) < 4.78 is 11.8. The van der Waals surface area contributed by atoms with Gasteiger partial charge in [0.2, 0.25) is 0 Å². The van der Waals surface area contributed by atoms with Gasteiger partial charge in [-0.1, -0.05) is 13.2 Å². The van der Waals surface area contributed by atoms with Crippen LogP contribution in [0.15, 0.2) is 24.8 Å². The van der Waals surface area contributed by atoms with Crippen molar-refractivity contribution in [2.45, 2.75) is 34.6 Å². The molecule has 0 aromatic carbocycles. The second-order valence-electron chi connectivity index (χ2n) is 7.24. The number of carbonyl (C=O) groups is 2. The van der Waals surface area contributed by atoms with Gasteiger partial charge in [0, 0.05) is 11.6 Å². The third-order valence-corrected chi connectivity index (χ3v) is 5.31. The van der Waals surface area contributed by atoms with Crippen molar-refractivity contribution >= 4 is 11.9 Å². The predicted octanol–water partition coefficient (Wildman–Crippen LogP) is -3.20. The highest BCUT2D eigenvalue weighted by atomic mass is 35.5. The molecule has 0 rings (SSSR count). The Kier molecular flexibility index (Phi) is 23.1. The van der Waals surface area contributed by atoms with Crippen LogP contribution in [0.3, 0.4) is 0 Å². The van der Waals surface area contributed by atoms with E-state index in [0.29, 0.717) is 18.8 Å². The Morgan fingerprint density at radius 2 is 1.17 bits per heavy atom. The highest BCUT2D eigenvalue weighted by molar-refractivity contribution is 5.86. The molecular weight excluding hydrogens is 415 g/mol. The first-order chi connectivity index (χ1) is 12.5. The van der Waals surface area contributed by atoms with Gasteiger partial charge in [-0.15, -0.1) is 0 Å². The zero-order chi connectivity index (χ0) is 21.5. The topological polar surface area (TPSA) is 52.6 Å². The lowest BCUT2D eigenvalue weighted by Gasteiger charge is -2.31. The minimum atomic E-state index is -0.334. The van der Waals surface area contributed by atoms with E-state index < -0.39 is 0 Å². The molecule has 0 saturated heterocycles. The third-order valence-electron chi connectivity index (χ3n) is 5.31. The van der Waals surface area contributed by atoms with E-state index in [2.05, 4.69) is 54.9 Å². The molecule has 0 atom stereocenters. The van der Waals surface area contributed by atoms with Crippen LogP contribution >= 0.6 is 0 Å². The summed E-state index contributed by atoms with van der Waals surface area (Å²) in [4.78, 5) is 21.8. The van der Waals surface area contributed by atoms with Crippen LogP contribution in [0, 0.1) is 0 Å². The summed E-state index contributed by atoms with van der Waals surface area (Å²) in [5.41, 5.74) is 0.465. The monoisotopic (exact) mass is 456 g/mol. The Morgan fingerprint density at radius 3 is 1.45 bits per heavy atom. The van der Waals surface area contributed by atoms with E-state index >= 15 is 0 Å². The zero-order valence-electron chi connectivity index (χ0n) is 19.4. The number of likely N-dealkylation sites (N-methyl/N-ethyl adjacent to an activating group) is 2. The number of hydrogen-bond acceptors (Lipinski definition) is 4. The number of rotatable bonds is 12. The SMILES string of the molecule is C=C(C)C(=O)OCC[N+](C)(CC)CC.C=CC(=O)OCC[N+](C)(CC)CC.[Cl-].[Cl-]. The Labute approximate surface area is 190 Å². The van der Waals surface area contributed by atoms with E-state index in [4.69, 9.17) is 9.47 Å². The van der Waals surface area contributed by atoms with Gasteiger partial charge in [0.15, 0.2) is 0 Å². The van der Waals surface area contributed by atoms with Crippen LogP contribution in [-0.2, 0) is 19.1 Å². The summed E-state index contributed by atoms with van der Waals surface area (Å²) in [5, 5.41) is 0. The van der Waals surface area contributed by atoms with E-state index in [9.17, 15) is 9.59 Å². The molecule has 0 fully saturated rings.